The van der Waals surface area contributed by atoms with Crippen molar-refractivity contribution in [3.8, 4) is 5.82 Å². The maximum atomic E-state index is 7.83. The van der Waals surface area contributed by atoms with Crippen LogP contribution in [-0.2, 0) is 10.8 Å². The molecule has 0 atom stereocenters. The maximum absolute atomic E-state index is 7.83. The van der Waals surface area contributed by atoms with Crippen LogP contribution in [0.25, 0.3) is 16.3 Å². The van der Waals surface area contributed by atoms with Gasteiger partial charge in [0.05, 0.1) is 18.0 Å². The lowest BCUT2D eigenvalue weighted by Crippen LogP contribution is -2.13. The molecule has 0 spiro atoms. The first-order chi connectivity index (χ1) is 15.0. The van der Waals surface area contributed by atoms with Crippen molar-refractivity contribution in [2.24, 2.45) is 10.2 Å². The van der Waals surface area contributed by atoms with Gasteiger partial charge in [-0.1, -0.05) is 47.6 Å². The molecule has 0 bridgehead atoms. The van der Waals surface area contributed by atoms with Gasteiger partial charge in [-0.25, -0.2) is 19.5 Å². The third kappa shape index (κ3) is 3.66. The van der Waals surface area contributed by atoms with E-state index >= 15 is 0 Å². The molecule has 0 saturated carbocycles. The van der Waals surface area contributed by atoms with Gasteiger partial charge in [-0.15, -0.1) is 15.3 Å². The van der Waals surface area contributed by atoms with Crippen molar-refractivity contribution >= 4 is 22.8 Å². The van der Waals surface area contributed by atoms with E-state index in [4.69, 9.17) is 11.7 Å². The number of aromatic amines is 1. The van der Waals surface area contributed by atoms with Crippen LogP contribution in [0, 0.1) is 13.5 Å². The first-order valence-corrected chi connectivity index (χ1v) is 10.3. The first-order valence-electron chi connectivity index (χ1n) is 10.3. The van der Waals surface area contributed by atoms with E-state index in [2.05, 4.69) is 56.0 Å². The highest BCUT2D eigenvalue weighted by atomic mass is 15.5. The van der Waals surface area contributed by atoms with Crippen LogP contribution in [0.5, 0.6) is 0 Å². The highest BCUT2D eigenvalue weighted by Gasteiger charge is 2.29. The standard InChI is InChI=1S/C22H26N10/c1-13-25-19-16(18(22(5,6)7)30-32(19)28-13)26-27-20-15(23-8)17(21(2,3)4)29-31(20)14-11-9-10-12-24-14/h9-12,30H,1-7H3. The van der Waals surface area contributed by atoms with Crippen molar-refractivity contribution < 1.29 is 0 Å². The Balaban J connectivity index is 1.96. The molecule has 0 amide bonds. The molecule has 4 heterocycles. The fourth-order valence-electron chi connectivity index (χ4n) is 3.37. The lowest BCUT2D eigenvalue weighted by atomic mass is 9.91. The molecule has 164 valence electrons. The fraction of sp³-hybridized carbons (Fsp3) is 0.409. The number of rotatable bonds is 3. The van der Waals surface area contributed by atoms with Crippen molar-refractivity contribution in [1.82, 2.24) is 34.6 Å². The number of azo groups is 1. The van der Waals surface area contributed by atoms with E-state index in [9.17, 15) is 0 Å². The zero-order valence-corrected chi connectivity index (χ0v) is 19.3. The molecule has 0 aliphatic rings. The molecule has 1 N–H and O–H groups in total. The lowest BCUT2D eigenvalue weighted by Gasteiger charge is -2.16. The van der Waals surface area contributed by atoms with Crippen LogP contribution in [0.2, 0.25) is 0 Å². The number of nitrogens with one attached hydrogen (secondary N) is 1. The second-order valence-electron chi connectivity index (χ2n) is 9.66. The number of fused-ring (bicyclic) bond motifs is 1. The van der Waals surface area contributed by atoms with E-state index < -0.39 is 0 Å². The predicted octanol–water partition coefficient (Wildman–Crippen LogP) is 5.51. The highest BCUT2D eigenvalue weighted by molar-refractivity contribution is 5.71. The predicted molar refractivity (Wildman–Crippen MR) is 121 cm³/mol. The normalized spacial score (nSPS) is 12.7. The van der Waals surface area contributed by atoms with E-state index in [-0.39, 0.29) is 10.8 Å². The van der Waals surface area contributed by atoms with Crippen LogP contribution in [-0.4, -0.2) is 34.6 Å². The van der Waals surface area contributed by atoms with Crippen LogP contribution in [0.3, 0.4) is 0 Å². The molecule has 0 aliphatic heterocycles. The van der Waals surface area contributed by atoms with Gasteiger partial charge in [-0.2, -0.15) is 9.73 Å². The van der Waals surface area contributed by atoms with Gasteiger partial charge in [-0.3, -0.25) is 5.10 Å². The molecular formula is C22H26N10. The maximum Gasteiger partial charge on any atom is 0.255 e. The number of aryl methyl sites for hydroxylation is 1. The number of nitrogens with zero attached hydrogens (tertiary/aromatic N) is 9. The molecule has 10 nitrogen and oxygen atoms in total. The summed E-state index contributed by atoms with van der Waals surface area (Å²) in [6.07, 6.45) is 1.68. The molecule has 0 aliphatic carbocycles. The number of aromatic nitrogens is 7. The van der Waals surface area contributed by atoms with E-state index in [1.807, 2.05) is 45.9 Å². The van der Waals surface area contributed by atoms with Gasteiger partial charge in [-0.05, 0) is 24.5 Å². The molecular weight excluding hydrogens is 404 g/mol. The molecule has 4 aromatic rings. The Morgan fingerprint density at radius 3 is 2.38 bits per heavy atom. The van der Waals surface area contributed by atoms with Crippen LogP contribution in [0.1, 0.15) is 58.8 Å². The van der Waals surface area contributed by atoms with Gasteiger partial charge in [0.2, 0.25) is 5.65 Å². The Bertz CT molecular complexity index is 1350. The quantitative estimate of drug-likeness (QED) is 0.342. The Labute approximate surface area is 186 Å². The summed E-state index contributed by atoms with van der Waals surface area (Å²) >= 11 is 0. The average molecular weight is 431 g/mol. The van der Waals surface area contributed by atoms with E-state index in [0.29, 0.717) is 40.2 Å². The fourth-order valence-corrected chi connectivity index (χ4v) is 3.37. The summed E-state index contributed by atoms with van der Waals surface area (Å²) in [6, 6.07) is 5.52. The van der Waals surface area contributed by atoms with Crippen molar-refractivity contribution in [2.45, 2.75) is 59.3 Å². The van der Waals surface area contributed by atoms with Crippen molar-refractivity contribution in [2.75, 3.05) is 0 Å². The molecule has 10 heteroatoms. The summed E-state index contributed by atoms with van der Waals surface area (Å²) < 4.78 is 3.18. The zero-order chi connectivity index (χ0) is 23.3. The van der Waals surface area contributed by atoms with Crippen LogP contribution in [0.4, 0.5) is 17.2 Å². The third-order valence-corrected chi connectivity index (χ3v) is 4.90. The Kier molecular flexibility index (Phi) is 4.92. The minimum absolute atomic E-state index is 0.245. The van der Waals surface area contributed by atoms with E-state index in [0.717, 1.165) is 5.69 Å². The van der Waals surface area contributed by atoms with Gasteiger partial charge >= 0.3 is 0 Å². The minimum Gasteiger partial charge on any atom is -0.277 e. The Morgan fingerprint density at radius 1 is 1.03 bits per heavy atom. The monoisotopic (exact) mass is 430 g/mol. The van der Waals surface area contributed by atoms with Crippen LogP contribution < -0.4 is 0 Å². The second-order valence-corrected chi connectivity index (χ2v) is 9.66. The molecule has 0 saturated heterocycles. The molecule has 0 aromatic carbocycles. The topological polar surface area (TPSA) is 106 Å². The number of pyridine rings is 1. The summed E-state index contributed by atoms with van der Waals surface area (Å²) in [6.45, 7) is 21.9. The van der Waals surface area contributed by atoms with Crippen molar-refractivity contribution in [3.05, 3.63) is 53.0 Å². The average Bonchev–Trinajstić information content (AvgIpc) is 3.36. The van der Waals surface area contributed by atoms with E-state index in [1.165, 1.54) is 0 Å². The first kappa shape index (κ1) is 21.4. The summed E-state index contributed by atoms with van der Waals surface area (Å²) in [5.41, 5.74) is 2.41. The van der Waals surface area contributed by atoms with Crippen molar-refractivity contribution in [3.63, 3.8) is 0 Å². The van der Waals surface area contributed by atoms with Crippen LogP contribution in [0.15, 0.2) is 34.6 Å². The van der Waals surface area contributed by atoms with Gasteiger partial charge in [0.15, 0.2) is 17.3 Å². The van der Waals surface area contributed by atoms with Gasteiger partial charge in [0, 0.05) is 11.6 Å². The SMILES string of the molecule is [C-]#[N+]c1c(C(C)(C)C)nn(-c2ccccn2)c1N=Nc1c(C(C)(C)C)[nH]n2nc(C)nc12. The minimum atomic E-state index is -0.355. The molecule has 0 fully saturated rings. The summed E-state index contributed by atoms with van der Waals surface area (Å²) in [5.74, 6) is 1.53. The smallest absolute Gasteiger partial charge is 0.255 e. The molecule has 0 radical (unpaired) electrons. The van der Waals surface area contributed by atoms with Crippen LogP contribution >= 0.6 is 0 Å². The summed E-state index contributed by atoms with van der Waals surface area (Å²) in [5, 5.41) is 21.4. The second kappa shape index (κ2) is 7.37. The summed E-state index contributed by atoms with van der Waals surface area (Å²) in [4.78, 5) is 12.7. The number of hydrogen-bond acceptors (Lipinski definition) is 6. The zero-order valence-electron chi connectivity index (χ0n) is 19.3. The molecule has 4 rings (SSSR count). The van der Waals surface area contributed by atoms with Gasteiger partial charge < -0.3 is 0 Å². The molecule has 4 aromatic heterocycles. The molecule has 0 unspecified atom stereocenters. The van der Waals surface area contributed by atoms with Gasteiger partial charge in [0.25, 0.3) is 5.69 Å². The largest absolute Gasteiger partial charge is 0.277 e. The highest BCUT2D eigenvalue weighted by Crippen LogP contribution is 2.41. The number of hydrogen-bond donors (Lipinski definition) is 1. The molecule has 32 heavy (non-hydrogen) atoms. The summed E-state index contributed by atoms with van der Waals surface area (Å²) in [7, 11) is 0. The number of H-pyrrole nitrogens is 1. The van der Waals surface area contributed by atoms with Gasteiger partial charge in [0.1, 0.15) is 5.82 Å². The third-order valence-electron chi connectivity index (χ3n) is 4.90. The Morgan fingerprint density at radius 2 is 1.78 bits per heavy atom. The van der Waals surface area contributed by atoms with E-state index in [1.54, 1.807) is 15.5 Å². The lowest BCUT2D eigenvalue weighted by molar-refractivity contribution is 0.557. The Hall–Kier alpha value is -3.87. The van der Waals surface area contributed by atoms with Crippen molar-refractivity contribution in [1.29, 1.82) is 0 Å².